The molecule has 94 valence electrons. The van der Waals surface area contributed by atoms with E-state index in [9.17, 15) is 15.3 Å². The second-order valence-corrected chi connectivity index (χ2v) is 5.80. The third kappa shape index (κ3) is 2.04. The molecule has 0 aromatic heterocycles. The van der Waals surface area contributed by atoms with Gasteiger partial charge in [-0.1, -0.05) is 32.9 Å². The van der Waals surface area contributed by atoms with Crippen molar-refractivity contribution in [1.82, 2.24) is 0 Å². The predicted molar refractivity (Wildman–Crippen MR) is 64.0 cm³/mol. The number of hydrogen-bond acceptors (Lipinski definition) is 3. The maximum atomic E-state index is 10.7. The molecule has 3 nitrogen and oxygen atoms in total. The lowest BCUT2D eigenvalue weighted by Gasteiger charge is -2.54. The minimum absolute atomic E-state index is 0.209. The molecule has 3 N–H and O–H groups in total. The molecule has 0 heterocycles. The molecule has 0 radical (unpaired) electrons. The predicted octanol–water partition coefficient (Wildman–Crippen LogP) is 1.62. The van der Waals surface area contributed by atoms with Crippen LogP contribution in [0.3, 0.4) is 0 Å². The molecule has 3 atom stereocenters. The standard InChI is InChI=1S/C13H24O3/c1-5-6-7-13(16)11(2,3)8-10(14)9-12(13,4)15/h6-7,10,14-16H,5,8-9H2,1-4H3/b7-6+/t10-,12+,13+/m0/s1. The number of hydrogen-bond donors (Lipinski definition) is 3. The number of allylic oxidation sites excluding steroid dienone is 1. The van der Waals surface area contributed by atoms with Crippen molar-refractivity contribution in [2.45, 2.75) is 64.3 Å². The van der Waals surface area contributed by atoms with Crippen molar-refractivity contribution < 1.29 is 15.3 Å². The SMILES string of the molecule is CC/C=C/[C@@]1(O)C(C)(C)C[C@H](O)C[C@@]1(C)O. The van der Waals surface area contributed by atoms with Gasteiger partial charge in [-0.2, -0.15) is 0 Å². The van der Waals surface area contributed by atoms with Crippen molar-refractivity contribution in [2.75, 3.05) is 0 Å². The minimum atomic E-state index is -1.29. The molecule has 0 bridgehead atoms. The zero-order valence-corrected chi connectivity index (χ0v) is 10.7. The van der Waals surface area contributed by atoms with Crippen molar-refractivity contribution in [3.05, 3.63) is 12.2 Å². The second kappa shape index (κ2) is 4.13. The van der Waals surface area contributed by atoms with Crippen molar-refractivity contribution in [3.8, 4) is 0 Å². The first kappa shape index (κ1) is 13.7. The van der Waals surface area contributed by atoms with Crippen LogP contribution in [0.15, 0.2) is 12.2 Å². The van der Waals surface area contributed by atoms with Gasteiger partial charge in [0.25, 0.3) is 0 Å². The summed E-state index contributed by atoms with van der Waals surface area (Å²) in [5.74, 6) is 0. The van der Waals surface area contributed by atoms with E-state index in [0.29, 0.717) is 6.42 Å². The van der Waals surface area contributed by atoms with Gasteiger partial charge >= 0.3 is 0 Å². The van der Waals surface area contributed by atoms with Gasteiger partial charge in [0, 0.05) is 11.8 Å². The van der Waals surface area contributed by atoms with Crippen LogP contribution in [0.2, 0.25) is 0 Å². The topological polar surface area (TPSA) is 60.7 Å². The highest BCUT2D eigenvalue weighted by Gasteiger charge is 2.58. The maximum Gasteiger partial charge on any atom is 0.116 e. The summed E-state index contributed by atoms with van der Waals surface area (Å²) in [7, 11) is 0. The molecule has 1 aliphatic rings. The van der Waals surface area contributed by atoms with E-state index in [1.54, 1.807) is 13.0 Å². The number of aliphatic hydroxyl groups is 3. The van der Waals surface area contributed by atoms with E-state index < -0.39 is 22.7 Å². The molecule has 0 saturated heterocycles. The monoisotopic (exact) mass is 228 g/mol. The van der Waals surface area contributed by atoms with Crippen LogP contribution in [0.4, 0.5) is 0 Å². The van der Waals surface area contributed by atoms with Gasteiger partial charge in [0.05, 0.1) is 11.7 Å². The van der Waals surface area contributed by atoms with E-state index in [2.05, 4.69) is 0 Å². The van der Waals surface area contributed by atoms with Crippen LogP contribution >= 0.6 is 0 Å². The first-order chi connectivity index (χ1) is 7.16. The van der Waals surface area contributed by atoms with Gasteiger partial charge in [0.1, 0.15) is 5.60 Å². The Morgan fingerprint density at radius 3 is 2.19 bits per heavy atom. The third-order valence-electron chi connectivity index (χ3n) is 3.83. The lowest BCUT2D eigenvalue weighted by Crippen LogP contribution is -2.64. The average Bonchev–Trinajstić information content (AvgIpc) is 2.09. The molecular formula is C13H24O3. The molecule has 0 aliphatic heterocycles. The van der Waals surface area contributed by atoms with Crippen LogP contribution in [0.25, 0.3) is 0 Å². The molecule has 1 rings (SSSR count). The molecule has 1 aliphatic carbocycles. The Balaban J connectivity index is 3.14. The van der Waals surface area contributed by atoms with Gasteiger partial charge in [0.15, 0.2) is 0 Å². The fourth-order valence-electron chi connectivity index (χ4n) is 2.85. The zero-order valence-electron chi connectivity index (χ0n) is 10.7. The largest absolute Gasteiger partial charge is 0.393 e. The Kier molecular flexibility index (Phi) is 3.53. The van der Waals surface area contributed by atoms with E-state index >= 15 is 0 Å². The van der Waals surface area contributed by atoms with Gasteiger partial charge in [-0.3, -0.25) is 0 Å². The van der Waals surface area contributed by atoms with Crippen LogP contribution in [0, 0.1) is 5.41 Å². The van der Waals surface area contributed by atoms with E-state index in [4.69, 9.17) is 0 Å². The summed E-state index contributed by atoms with van der Waals surface area (Å²) in [4.78, 5) is 0. The second-order valence-electron chi connectivity index (χ2n) is 5.80. The lowest BCUT2D eigenvalue weighted by molar-refractivity contribution is -0.216. The van der Waals surface area contributed by atoms with Gasteiger partial charge < -0.3 is 15.3 Å². The highest BCUT2D eigenvalue weighted by atomic mass is 16.4. The minimum Gasteiger partial charge on any atom is -0.393 e. The first-order valence-corrected chi connectivity index (χ1v) is 5.97. The highest BCUT2D eigenvalue weighted by molar-refractivity contribution is 5.20. The van der Waals surface area contributed by atoms with E-state index in [1.165, 1.54) is 0 Å². The molecule has 16 heavy (non-hydrogen) atoms. The molecule has 0 spiro atoms. The van der Waals surface area contributed by atoms with Crippen LogP contribution < -0.4 is 0 Å². The summed E-state index contributed by atoms with van der Waals surface area (Å²) in [6, 6.07) is 0. The molecule has 0 amide bonds. The maximum absolute atomic E-state index is 10.7. The molecular weight excluding hydrogens is 204 g/mol. The smallest absolute Gasteiger partial charge is 0.116 e. The summed E-state index contributed by atoms with van der Waals surface area (Å²) in [6.45, 7) is 7.34. The quantitative estimate of drug-likeness (QED) is 0.629. The van der Waals surface area contributed by atoms with Crippen LogP contribution in [-0.4, -0.2) is 32.6 Å². The molecule has 1 fully saturated rings. The highest BCUT2D eigenvalue weighted by Crippen LogP contribution is 2.50. The Morgan fingerprint density at radius 1 is 1.19 bits per heavy atom. The zero-order chi connectivity index (χ0) is 12.6. The van der Waals surface area contributed by atoms with Crippen LogP contribution in [0.1, 0.15) is 47.0 Å². The average molecular weight is 228 g/mol. The van der Waals surface area contributed by atoms with Crippen LogP contribution in [0.5, 0.6) is 0 Å². The normalized spacial score (nSPS) is 43.8. The van der Waals surface area contributed by atoms with E-state index in [1.807, 2.05) is 26.8 Å². The Hall–Kier alpha value is -0.380. The summed E-state index contributed by atoms with van der Waals surface area (Å²) < 4.78 is 0. The fourth-order valence-corrected chi connectivity index (χ4v) is 2.85. The molecule has 0 aromatic carbocycles. The van der Waals surface area contributed by atoms with E-state index in [-0.39, 0.29) is 6.42 Å². The Morgan fingerprint density at radius 2 is 1.75 bits per heavy atom. The van der Waals surface area contributed by atoms with Crippen molar-refractivity contribution in [2.24, 2.45) is 5.41 Å². The lowest BCUT2D eigenvalue weighted by atomic mass is 9.57. The van der Waals surface area contributed by atoms with Crippen molar-refractivity contribution in [3.63, 3.8) is 0 Å². The Labute approximate surface area is 97.8 Å². The van der Waals surface area contributed by atoms with Crippen LogP contribution in [-0.2, 0) is 0 Å². The van der Waals surface area contributed by atoms with Gasteiger partial charge in [-0.15, -0.1) is 0 Å². The van der Waals surface area contributed by atoms with Gasteiger partial charge in [0.2, 0.25) is 0 Å². The Bertz CT molecular complexity index is 261. The van der Waals surface area contributed by atoms with Gasteiger partial charge in [-0.25, -0.2) is 0 Å². The number of aliphatic hydroxyl groups excluding tert-OH is 1. The summed E-state index contributed by atoms with van der Waals surface area (Å²) in [6.07, 6.45) is 4.53. The van der Waals surface area contributed by atoms with E-state index in [0.717, 1.165) is 6.42 Å². The summed E-state index contributed by atoms with van der Waals surface area (Å²) in [5, 5.41) is 30.8. The summed E-state index contributed by atoms with van der Waals surface area (Å²) in [5.41, 5.74) is -3.12. The summed E-state index contributed by atoms with van der Waals surface area (Å²) >= 11 is 0. The van der Waals surface area contributed by atoms with Crippen molar-refractivity contribution in [1.29, 1.82) is 0 Å². The van der Waals surface area contributed by atoms with Gasteiger partial charge in [-0.05, 0) is 19.8 Å². The third-order valence-corrected chi connectivity index (χ3v) is 3.83. The molecule has 1 saturated carbocycles. The molecule has 0 aromatic rings. The first-order valence-electron chi connectivity index (χ1n) is 5.97. The number of rotatable bonds is 2. The molecule has 0 unspecified atom stereocenters. The fraction of sp³-hybridized carbons (Fsp3) is 0.846. The van der Waals surface area contributed by atoms with Crippen molar-refractivity contribution >= 4 is 0 Å². The molecule has 3 heteroatoms.